The molecule has 1 aromatic carbocycles. The summed E-state index contributed by atoms with van der Waals surface area (Å²) in [4.78, 5) is 0. The average Bonchev–Trinajstić information content (AvgIpc) is 2.22. The minimum Gasteiger partial charge on any atom is -0.489 e. The fourth-order valence-corrected chi connectivity index (χ4v) is 2.92. The number of benzene rings is 1. The fourth-order valence-electron chi connectivity index (χ4n) is 2.76. The van der Waals surface area contributed by atoms with Crippen molar-refractivity contribution in [3.05, 3.63) is 23.2 Å². The van der Waals surface area contributed by atoms with Gasteiger partial charge in [0.05, 0.1) is 11.1 Å². The normalized spacial score (nSPS) is 29.0. The Morgan fingerprint density at radius 1 is 1.18 bits per heavy atom. The van der Waals surface area contributed by atoms with Gasteiger partial charge in [-0.1, -0.05) is 25.4 Å². The highest BCUT2D eigenvalue weighted by atomic mass is 35.5. The standard InChI is InChI=1S/C14H20ClNO/c1-9-5-10(2)7-12(6-9)17-14-8-11(16)3-4-13(14)15/h3-4,8-10,12H,5-7,16H2,1-2H3. The van der Waals surface area contributed by atoms with Crippen LogP contribution in [0.4, 0.5) is 5.69 Å². The van der Waals surface area contributed by atoms with Crippen LogP contribution >= 0.6 is 11.6 Å². The van der Waals surface area contributed by atoms with E-state index in [-0.39, 0.29) is 6.10 Å². The van der Waals surface area contributed by atoms with E-state index < -0.39 is 0 Å². The van der Waals surface area contributed by atoms with Gasteiger partial charge in [-0.05, 0) is 43.2 Å². The first kappa shape index (κ1) is 12.6. The van der Waals surface area contributed by atoms with Crippen LogP contribution in [0.15, 0.2) is 18.2 Å². The zero-order chi connectivity index (χ0) is 12.4. The molecular formula is C14H20ClNO. The van der Waals surface area contributed by atoms with Crippen molar-refractivity contribution in [2.24, 2.45) is 11.8 Å². The summed E-state index contributed by atoms with van der Waals surface area (Å²) in [5, 5.41) is 0.644. The van der Waals surface area contributed by atoms with Gasteiger partial charge in [-0.3, -0.25) is 0 Å². The van der Waals surface area contributed by atoms with Gasteiger partial charge >= 0.3 is 0 Å². The topological polar surface area (TPSA) is 35.2 Å². The van der Waals surface area contributed by atoms with Gasteiger partial charge < -0.3 is 10.5 Å². The Kier molecular flexibility index (Phi) is 3.82. The van der Waals surface area contributed by atoms with E-state index >= 15 is 0 Å². The zero-order valence-electron chi connectivity index (χ0n) is 10.4. The first-order valence-electron chi connectivity index (χ1n) is 6.26. The predicted octanol–water partition coefficient (Wildman–Crippen LogP) is 4.13. The highest BCUT2D eigenvalue weighted by Crippen LogP contribution is 2.34. The molecule has 0 spiro atoms. The van der Waals surface area contributed by atoms with E-state index in [1.165, 1.54) is 6.42 Å². The van der Waals surface area contributed by atoms with Crippen molar-refractivity contribution in [3.63, 3.8) is 0 Å². The Bertz CT molecular complexity index is 384. The molecule has 0 radical (unpaired) electrons. The van der Waals surface area contributed by atoms with Crippen LogP contribution in [-0.4, -0.2) is 6.10 Å². The maximum absolute atomic E-state index is 6.11. The first-order valence-corrected chi connectivity index (χ1v) is 6.64. The van der Waals surface area contributed by atoms with E-state index in [9.17, 15) is 0 Å². The lowest BCUT2D eigenvalue weighted by molar-refractivity contribution is 0.101. The summed E-state index contributed by atoms with van der Waals surface area (Å²) in [6.07, 6.45) is 3.78. The van der Waals surface area contributed by atoms with Crippen LogP contribution in [0.2, 0.25) is 5.02 Å². The minimum atomic E-state index is 0.271. The highest BCUT2D eigenvalue weighted by Gasteiger charge is 2.25. The number of nitrogen functional groups attached to an aromatic ring is 1. The Morgan fingerprint density at radius 3 is 2.47 bits per heavy atom. The van der Waals surface area contributed by atoms with Crippen LogP contribution in [-0.2, 0) is 0 Å². The molecule has 0 amide bonds. The molecule has 1 aromatic rings. The molecule has 1 aliphatic carbocycles. The van der Waals surface area contributed by atoms with Crippen molar-refractivity contribution < 1.29 is 4.74 Å². The summed E-state index contributed by atoms with van der Waals surface area (Å²) in [5.74, 6) is 2.17. The zero-order valence-corrected chi connectivity index (χ0v) is 11.2. The lowest BCUT2D eigenvalue weighted by atomic mass is 9.82. The second-order valence-electron chi connectivity index (χ2n) is 5.35. The minimum absolute atomic E-state index is 0.271. The van der Waals surface area contributed by atoms with E-state index in [0.717, 1.165) is 30.4 Å². The number of anilines is 1. The number of hydrogen-bond donors (Lipinski definition) is 1. The average molecular weight is 254 g/mol. The smallest absolute Gasteiger partial charge is 0.140 e. The summed E-state index contributed by atoms with van der Waals surface area (Å²) >= 11 is 6.11. The Morgan fingerprint density at radius 2 is 1.82 bits per heavy atom. The van der Waals surface area contributed by atoms with Gasteiger partial charge in [0.2, 0.25) is 0 Å². The molecule has 0 aromatic heterocycles. The summed E-state index contributed by atoms with van der Waals surface area (Å²) in [6, 6.07) is 5.40. The molecule has 0 aliphatic heterocycles. The second kappa shape index (κ2) is 5.18. The summed E-state index contributed by atoms with van der Waals surface area (Å²) < 4.78 is 6.00. The van der Waals surface area contributed by atoms with E-state index in [2.05, 4.69) is 13.8 Å². The predicted molar refractivity (Wildman–Crippen MR) is 72.5 cm³/mol. The van der Waals surface area contributed by atoms with Crippen molar-refractivity contribution in [1.82, 2.24) is 0 Å². The molecule has 0 bridgehead atoms. The fraction of sp³-hybridized carbons (Fsp3) is 0.571. The molecule has 2 unspecified atom stereocenters. The van der Waals surface area contributed by atoms with Crippen LogP contribution in [0.5, 0.6) is 5.75 Å². The van der Waals surface area contributed by atoms with Crippen LogP contribution in [0, 0.1) is 11.8 Å². The Hall–Kier alpha value is -0.890. The largest absolute Gasteiger partial charge is 0.489 e. The van der Waals surface area contributed by atoms with Gasteiger partial charge in [0, 0.05) is 11.8 Å². The molecular weight excluding hydrogens is 234 g/mol. The molecule has 2 N–H and O–H groups in total. The third-order valence-corrected chi connectivity index (χ3v) is 3.70. The number of hydrogen-bond acceptors (Lipinski definition) is 2. The lowest BCUT2D eigenvalue weighted by Gasteiger charge is -2.31. The monoisotopic (exact) mass is 253 g/mol. The van der Waals surface area contributed by atoms with E-state index in [1.807, 2.05) is 6.07 Å². The number of nitrogens with two attached hydrogens (primary N) is 1. The molecule has 0 heterocycles. The summed E-state index contributed by atoms with van der Waals surface area (Å²) in [5.41, 5.74) is 6.44. The van der Waals surface area contributed by atoms with Gasteiger partial charge in [0.15, 0.2) is 0 Å². The van der Waals surface area contributed by atoms with Gasteiger partial charge in [0.25, 0.3) is 0 Å². The maximum atomic E-state index is 6.11. The molecule has 17 heavy (non-hydrogen) atoms. The molecule has 3 heteroatoms. The highest BCUT2D eigenvalue weighted by molar-refractivity contribution is 6.32. The van der Waals surface area contributed by atoms with Crippen molar-refractivity contribution in [3.8, 4) is 5.75 Å². The molecule has 94 valence electrons. The third kappa shape index (κ3) is 3.29. The Labute approximate surface area is 108 Å². The molecule has 2 atom stereocenters. The number of rotatable bonds is 2. The Balaban J connectivity index is 2.07. The van der Waals surface area contributed by atoms with Crippen LogP contribution in [0.3, 0.4) is 0 Å². The quantitative estimate of drug-likeness (QED) is 0.805. The van der Waals surface area contributed by atoms with Crippen LogP contribution < -0.4 is 10.5 Å². The van der Waals surface area contributed by atoms with Crippen molar-refractivity contribution in [2.45, 2.75) is 39.2 Å². The molecule has 1 saturated carbocycles. The van der Waals surface area contributed by atoms with Crippen molar-refractivity contribution in [2.75, 3.05) is 5.73 Å². The number of ether oxygens (including phenoxy) is 1. The van der Waals surface area contributed by atoms with Crippen molar-refractivity contribution in [1.29, 1.82) is 0 Å². The molecule has 2 rings (SSSR count). The summed E-state index contributed by atoms with van der Waals surface area (Å²) in [7, 11) is 0. The third-order valence-electron chi connectivity index (χ3n) is 3.38. The molecule has 1 aliphatic rings. The first-order chi connectivity index (χ1) is 8.04. The molecule has 2 nitrogen and oxygen atoms in total. The van der Waals surface area contributed by atoms with E-state index in [4.69, 9.17) is 22.1 Å². The van der Waals surface area contributed by atoms with E-state index in [1.54, 1.807) is 12.1 Å². The number of halogens is 1. The maximum Gasteiger partial charge on any atom is 0.140 e. The second-order valence-corrected chi connectivity index (χ2v) is 5.75. The summed E-state index contributed by atoms with van der Waals surface area (Å²) in [6.45, 7) is 4.57. The SMILES string of the molecule is CC1CC(C)CC(Oc2cc(N)ccc2Cl)C1. The lowest BCUT2D eigenvalue weighted by Crippen LogP contribution is -2.28. The molecule has 0 saturated heterocycles. The van der Waals surface area contributed by atoms with Gasteiger partial charge in [0.1, 0.15) is 5.75 Å². The molecule has 1 fully saturated rings. The van der Waals surface area contributed by atoms with Crippen LogP contribution in [0.1, 0.15) is 33.1 Å². The van der Waals surface area contributed by atoms with E-state index in [0.29, 0.717) is 10.7 Å². The van der Waals surface area contributed by atoms with Gasteiger partial charge in [-0.15, -0.1) is 0 Å². The van der Waals surface area contributed by atoms with Gasteiger partial charge in [-0.2, -0.15) is 0 Å². The van der Waals surface area contributed by atoms with Crippen molar-refractivity contribution >= 4 is 17.3 Å². The van der Waals surface area contributed by atoms with Crippen LogP contribution in [0.25, 0.3) is 0 Å². The van der Waals surface area contributed by atoms with Gasteiger partial charge in [-0.25, -0.2) is 0 Å².